The molecular weight excluding hydrogens is 588 g/mol. The van der Waals surface area contributed by atoms with Crippen molar-refractivity contribution < 1.29 is 23.9 Å². The Morgan fingerprint density at radius 3 is 1.83 bits per heavy atom. The molecule has 4 aromatic carbocycles. The zero-order chi connectivity index (χ0) is 33.4. The molecule has 4 aromatic rings. The molecular formula is C40H46N2O5. The van der Waals surface area contributed by atoms with Crippen LogP contribution in [0.2, 0.25) is 0 Å². The number of urea groups is 1. The van der Waals surface area contributed by atoms with Crippen LogP contribution in [0, 0.1) is 11.8 Å². The molecule has 0 bridgehead atoms. The molecule has 2 atom stereocenters. The Morgan fingerprint density at radius 1 is 0.660 bits per heavy atom. The van der Waals surface area contributed by atoms with Crippen molar-refractivity contribution in [1.82, 2.24) is 10.2 Å². The van der Waals surface area contributed by atoms with Gasteiger partial charge < -0.3 is 19.7 Å². The summed E-state index contributed by atoms with van der Waals surface area (Å²) in [5.41, 5.74) is 5.06. The molecule has 0 spiro atoms. The van der Waals surface area contributed by atoms with Crippen LogP contribution in [0.4, 0.5) is 4.79 Å². The van der Waals surface area contributed by atoms with Gasteiger partial charge in [-0.1, -0.05) is 129 Å². The van der Waals surface area contributed by atoms with Gasteiger partial charge in [-0.3, -0.25) is 4.79 Å². The second kappa shape index (κ2) is 18.3. The average molecular weight is 635 g/mol. The third-order valence-corrected chi connectivity index (χ3v) is 7.86. The molecule has 1 unspecified atom stereocenters. The van der Waals surface area contributed by atoms with E-state index in [9.17, 15) is 14.4 Å². The lowest BCUT2D eigenvalue weighted by molar-refractivity contribution is -0.151. The van der Waals surface area contributed by atoms with Crippen molar-refractivity contribution >= 4 is 18.0 Å². The topological polar surface area (TPSA) is 84.9 Å². The zero-order valence-corrected chi connectivity index (χ0v) is 27.6. The molecule has 0 saturated heterocycles. The van der Waals surface area contributed by atoms with E-state index in [0.29, 0.717) is 19.4 Å². The van der Waals surface area contributed by atoms with Crippen LogP contribution in [0.5, 0.6) is 0 Å². The van der Waals surface area contributed by atoms with E-state index >= 15 is 0 Å². The number of nitrogens with zero attached hydrogens (tertiary/aromatic N) is 1. The Labute approximate surface area is 278 Å². The summed E-state index contributed by atoms with van der Waals surface area (Å²) in [6.07, 6.45) is 1.44. The van der Waals surface area contributed by atoms with Gasteiger partial charge in [0.15, 0.2) is 0 Å². The number of ether oxygens (including phenoxy) is 2. The van der Waals surface area contributed by atoms with Gasteiger partial charge in [0.05, 0.1) is 12.5 Å². The molecule has 7 heteroatoms. The van der Waals surface area contributed by atoms with Gasteiger partial charge >= 0.3 is 18.0 Å². The average Bonchev–Trinajstić information content (AvgIpc) is 3.09. The van der Waals surface area contributed by atoms with Gasteiger partial charge in [0.1, 0.15) is 12.6 Å². The van der Waals surface area contributed by atoms with Crippen LogP contribution < -0.4 is 5.32 Å². The van der Waals surface area contributed by atoms with Crippen molar-refractivity contribution in [2.45, 2.75) is 52.7 Å². The molecule has 7 nitrogen and oxygen atoms in total. The first-order chi connectivity index (χ1) is 22.8. The molecule has 0 aliphatic heterocycles. The van der Waals surface area contributed by atoms with E-state index in [2.05, 4.69) is 5.32 Å². The van der Waals surface area contributed by atoms with Crippen molar-refractivity contribution in [3.63, 3.8) is 0 Å². The molecule has 0 aromatic heterocycles. The minimum Gasteiger partial charge on any atom is -0.464 e. The van der Waals surface area contributed by atoms with E-state index in [4.69, 9.17) is 9.47 Å². The summed E-state index contributed by atoms with van der Waals surface area (Å²) in [7, 11) is 0. The van der Waals surface area contributed by atoms with Crippen molar-refractivity contribution in [2.75, 3.05) is 19.7 Å². The van der Waals surface area contributed by atoms with E-state index in [1.54, 1.807) is 11.8 Å². The largest absolute Gasteiger partial charge is 0.464 e. The highest BCUT2D eigenvalue weighted by Crippen LogP contribution is 2.21. The SMILES string of the molecule is CCOC(=O)[C@H](Cc1ccc(-c2ccccc2)cc1)NC(=O)N(CC(C)C)CC(CCc1ccccc1)C(=O)OCc1ccccc1. The van der Waals surface area contributed by atoms with Gasteiger partial charge in [0.2, 0.25) is 0 Å². The Balaban J connectivity index is 1.50. The van der Waals surface area contributed by atoms with Crippen LogP contribution in [0.3, 0.4) is 0 Å². The molecule has 2 amide bonds. The summed E-state index contributed by atoms with van der Waals surface area (Å²) < 4.78 is 11.1. The minimum absolute atomic E-state index is 0.127. The first-order valence-corrected chi connectivity index (χ1v) is 16.4. The van der Waals surface area contributed by atoms with Crippen LogP contribution in [0.25, 0.3) is 11.1 Å². The second-order valence-corrected chi connectivity index (χ2v) is 12.1. The highest BCUT2D eigenvalue weighted by molar-refractivity contribution is 5.84. The molecule has 0 fully saturated rings. The Kier molecular flexibility index (Phi) is 13.6. The van der Waals surface area contributed by atoms with Crippen molar-refractivity contribution in [3.05, 3.63) is 132 Å². The lowest BCUT2D eigenvalue weighted by atomic mass is 9.98. The quantitative estimate of drug-likeness (QED) is 0.129. The van der Waals surface area contributed by atoms with Gasteiger partial charge in [0.25, 0.3) is 0 Å². The van der Waals surface area contributed by atoms with E-state index < -0.39 is 24.0 Å². The smallest absolute Gasteiger partial charge is 0.329 e. The summed E-state index contributed by atoms with van der Waals surface area (Å²) in [5.74, 6) is -1.29. The van der Waals surface area contributed by atoms with Gasteiger partial charge in [-0.15, -0.1) is 0 Å². The fourth-order valence-electron chi connectivity index (χ4n) is 5.44. The lowest BCUT2D eigenvalue weighted by Gasteiger charge is -2.30. The number of hydrogen-bond donors (Lipinski definition) is 1. The molecule has 47 heavy (non-hydrogen) atoms. The number of esters is 2. The van der Waals surface area contributed by atoms with E-state index in [1.165, 1.54) is 0 Å². The molecule has 0 saturated carbocycles. The summed E-state index contributed by atoms with van der Waals surface area (Å²) in [4.78, 5) is 42.1. The Hall–Kier alpha value is -4.91. The number of nitrogens with one attached hydrogen (secondary N) is 1. The van der Waals surface area contributed by atoms with Gasteiger partial charge in [-0.2, -0.15) is 0 Å². The van der Waals surface area contributed by atoms with Crippen LogP contribution in [-0.2, 0) is 38.5 Å². The maximum atomic E-state index is 13.9. The molecule has 4 rings (SSSR count). The Morgan fingerprint density at radius 2 is 1.23 bits per heavy atom. The minimum atomic E-state index is -0.896. The molecule has 0 aliphatic rings. The number of amides is 2. The predicted molar refractivity (Wildman–Crippen MR) is 185 cm³/mol. The van der Waals surface area contributed by atoms with Crippen molar-refractivity contribution in [1.29, 1.82) is 0 Å². The third-order valence-electron chi connectivity index (χ3n) is 7.86. The first-order valence-electron chi connectivity index (χ1n) is 16.4. The monoisotopic (exact) mass is 634 g/mol. The van der Waals surface area contributed by atoms with Crippen molar-refractivity contribution in [3.8, 4) is 11.1 Å². The number of carbonyl (C=O) groups is 3. The fraction of sp³-hybridized carbons (Fsp3) is 0.325. The maximum Gasteiger partial charge on any atom is 0.329 e. The van der Waals surface area contributed by atoms with E-state index in [0.717, 1.165) is 27.8 Å². The summed E-state index contributed by atoms with van der Waals surface area (Å²) in [5, 5.41) is 2.94. The fourth-order valence-corrected chi connectivity index (χ4v) is 5.44. The predicted octanol–water partition coefficient (Wildman–Crippen LogP) is 7.49. The molecule has 0 aliphatic carbocycles. The summed E-state index contributed by atoms with van der Waals surface area (Å²) >= 11 is 0. The number of rotatable bonds is 16. The summed E-state index contributed by atoms with van der Waals surface area (Å²) in [6.45, 7) is 6.70. The molecule has 0 radical (unpaired) electrons. The van der Waals surface area contributed by atoms with Crippen LogP contribution >= 0.6 is 0 Å². The van der Waals surface area contributed by atoms with Crippen LogP contribution in [-0.4, -0.2) is 48.6 Å². The number of benzene rings is 4. The van der Waals surface area contributed by atoms with Gasteiger partial charge in [-0.25, -0.2) is 9.59 Å². The Bertz CT molecular complexity index is 1530. The van der Waals surface area contributed by atoms with E-state index in [1.807, 2.05) is 129 Å². The van der Waals surface area contributed by atoms with Gasteiger partial charge in [-0.05, 0) is 53.5 Å². The zero-order valence-electron chi connectivity index (χ0n) is 27.6. The highest BCUT2D eigenvalue weighted by Gasteiger charge is 2.30. The van der Waals surface area contributed by atoms with Crippen molar-refractivity contribution in [2.24, 2.45) is 11.8 Å². The van der Waals surface area contributed by atoms with Crippen LogP contribution in [0.1, 0.15) is 43.9 Å². The highest BCUT2D eigenvalue weighted by atomic mass is 16.5. The molecule has 246 valence electrons. The first kappa shape index (κ1) is 35.0. The molecule has 0 heterocycles. The number of aryl methyl sites for hydroxylation is 1. The maximum absolute atomic E-state index is 13.9. The second-order valence-electron chi connectivity index (χ2n) is 12.1. The number of hydrogen-bond acceptors (Lipinski definition) is 5. The van der Waals surface area contributed by atoms with E-state index in [-0.39, 0.29) is 38.1 Å². The lowest BCUT2D eigenvalue weighted by Crippen LogP contribution is -2.52. The standard InChI is InChI=1S/C40H46N2O5/c1-4-46-39(44)37(26-32-21-23-35(24-22-32)34-18-12-7-13-19-34)41-40(45)42(27-30(2)3)28-36(25-20-31-14-8-5-9-15-31)38(43)47-29-33-16-10-6-11-17-33/h5-19,21-24,30,36-37H,4,20,25-29H2,1-3H3,(H,41,45)/t36?,37-/m0/s1. The van der Waals surface area contributed by atoms with Crippen LogP contribution in [0.15, 0.2) is 115 Å². The third kappa shape index (κ3) is 11.4. The number of carbonyl (C=O) groups excluding carboxylic acids is 3. The molecule has 1 N–H and O–H groups in total. The normalized spacial score (nSPS) is 12.2. The summed E-state index contributed by atoms with van der Waals surface area (Å²) in [6, 6.07) is 36.2. The van der Waals surface area contributed by atoms with Gasteiger partial charge in [0, 0.05) is 19.5 Å².